The SMILES string of the molecule is C[SiH2][C@]1(NC(=S)Cc2ccccc2)C(=O)N(C(C)(C)C)[C@@]1(C)OC(C)=O. The monoisotopic (exact) mass is 392 g/mol. The zero-order valence-electron chi connectivity index (χ0n) is 16.4. The lowest BCUT2D eigenvalue weighted by molar-refractivity contribution is -0.245. The molecule has 0 aromatic heterocycles. The number of thiocarbonyl (C=S) groups is 1. The van der Waals surface area contributed by atoms with Crippen molar-refractivity contribution in [2.75, 3.05) is 0 Å². The molecule has 1 aliphatic rings. The van der Waals surface area contributed by atoms with Gasteiger partial charge in [0.2, 0.25) is 5.72 Å². The van der Waals surface area contributed by atoms with E-state index in [-0.39, 0.29) is 5.91 Å². The van der Waals surface area contributed by atoms with Crippen molar-refractivity contribution in [3.05, 3.63) is 35.9 Å². The van der Waals surface area contributed by atoms with Crippen LogP contribution in [0.25, 0.3) is 0 Å². The third-order valence-corrected chi connectivity index (χ3v) is 7.33. The van der Waals surface area contributed by atoms with Gasteiger partial charge < -0.3 is 10.1 Å². The van der Waals surface area contributed by atoms with Crippen molar-refractivity contribution in [1.82, 2.24) is 10.2 Å². The zero-order valence-corrected chi connectivity index (χ0v) is 18.6. The molecule has 1 fully saturated rings. The molecule has 2 atom stereocenters. The molecule has 1 saturated heterocycles. The van der Waals surface area contributed by atoms with Gasteiger partial charge in [-0.2, -0.15) is 0 Å². The fraction of sp³-hybridized carbons (Fsp3) is 0.526. The predicted octanol–water partition coefficient (Wildman–Crippen LogP) is 1.98. The van der Waals surface area contributed by atoms with Gasteiger partial charge >= 0.3 is 5.97 Å². The Balaban J connectivity index is 2.33. The number of nitrogens with one attached hydrogen (secondary N) is 1. The van der Waals surface area contributed by atoms with E-state index in [0.717, 1.165) is 5.56 Å². The van der Waals surface area contributed by atoms with Crippen LogP contribution in [0, 0.1) is 0 Å². The number of hydrogen-bond donors (Lipinski definition) is 1. The maximum absolute atomic E-state index is 13.2. The average Bonchev–Trinajstić information content (AvgIpc) is 2.51. The first-order valence-corrected chi connectivity index (χ1v) is 11.4. The number of hydrogen-bond acceptors (Lipinski definition) is 4. The van der Waals surface area contributed by atoms with E-state index in [1.165, 1.54) is 6.92 Å². The number of ether oxygens (including phenoxy) is 1. The van der Waals surface area contributed by atoms with Gasteiger partial charge in [-0.3, -0.25) is 14.5 Å². The van der Waals surface area contributed by atoms with Crippen LogP contribution in [0.2, 0.25) is 6.55 Å². The molecule has 1 aliphatic heterocycles. The molecule has 1 heterocycles. The van der Waals surface area contributed by atoms with Crippen LogP contribution in [0.4, 0.5) is 0 Å². The van der Waals surface area contributed by atoms with E-state index in [0.29, 0.717) is 11.4 Å². The van der Waals surface area contributed by atoms with Gasteiger partial charge in [-0.25, -0.2) is 0 Å². The maximum atomic E-state index is 13.2. The molecular formula is C19H28N2O3SSi. The number of rotatable bonds is 5. The normalized spacial score (nSPS) is 25.9. The minimum Gasteiger partial charge on any atom is -0.436 e. The summed E-state index contributed by atoms with van der Waals surface area (Å²) in [6.07, 6.45) is 0.547. The van der Waals surface area contributed by atoms with Gasteiger partial charge in [0.25, 0.3) is 5.91 Å². The number of amides is 1. The summed E-state index contributed by atoms with van der Waals surface area (Å²) in [6.45, 7) is 11.1. The van der Waals surface area contributed by atoms with Crippen LogP contribution in [0.3, 0.4) is 0 Å². The summed E-state index contributed by atoms with van der Waals surface area (Å²) in [5, 5.41) is 2.38. The molecule has 1 aromatic carbocycles. The van der Waals surface area contributed by atoms with Gasteiger partial charge in [0, 0.05) is 18.9 Å². The summed E-state index contributed by atoms with van der Waals surface area (Å²) in [7, 11) is -0.965. The van der Waals surface area contributed by atoms with Crippen molar-refractivity contribution in [3.8, 4) is 0 Å². The van der Waals surface area contributed by atoms with E-state index >= 15 is 0 Å². The highest BCUT2D eigenvalue weighted by Crippen LogP contribution is 2.46. The molecule has 0 radical (unpaired) electrons. The van der Waals surface area contributed by atoms with E-state index in [4.69, 9.17) is 17.0 Å². The fourth-order valence-electron chi connectivity index (χ4n) is 3.88. The van der Waals surface area contributed by atoms with Crippen molar-refractivity contribution >= 4 is 38.6 Å². The number of nitrogens with zero attached hydrogens (tertiary/aromatic N) is 1. The van der Waals surface area contributed by atoms with Crippen molar-refractivity contribution in [2.45, 2.75) is 64.0 Å². The highest BCUT2D eigenvalue weighted by atomic mass is 32.1. The Morgan fingerprint density at radius 2 is 1.88 bits per heavy atom. The number of esters is 1. The number of benzene rings is 1. The lowest BCUT2D eigenvalue weighted by Crippen LogP contribution is -2.91. The standard InChI is InChI=1S/C19H28N2O3SSi/c1-13(22)24-18(5)19(26-6,16(23)21(18)17(2,3)4)20-15(25)12-14-10-8-7-9-11-14/h7-11H,12,26H2,1-6H3,(H,20,25)/t18-,19+/m0/s1. The number of β-lactam (4-membered cyclic amide) rings is 1. The predicted molar refractivity (Wildman–Crippen MR) is 110 cm³/mol. The second-order valence-corrected chi connectivity index (χ2v) is 10.1. The zero-order chi connectivity index (χ0) is 19.8. The Hall–Kier alpha value is -1.73. The molecule has 142 valence electrons. The first kappa shape index (κ1) is 20.6. The largest absolute Gasteiger partial charge is 0.436 e. The van der Waals surface area contributed by atoms with Crippen LogP contribution in [0.15, 0.2) is 30.3 Å². The second-order valence-electron chi connectivity index (χ2n) is 7.86. The maximum Gasteiger partial charge on any atom is 0.304 e. The summed E-state index contributed by atoms with van der Waals surface area (Å²) in [4.78, 5) is 27.3. The molecule has 1 N–H and O–H groups in total. The third kappa shape index (κ3) is 3.42. The van der Waals surface area contributed by atoms with Gasteiger partial charge in [0.15, 0.2) is 5.16 Å². The Morgan fingerprint density at radius 1 is 1.31 bits per heavy atom. The summed E-state index contributed by atoms with van der Waals surface area (Å²) in [5.41, 5.74) is -0.431. The fourth-order valence-corrected chi connectivity index (χ4v) is 6.08. The van der Waals surface area contributed by atoms with Crippen molar-refractivity contribution in [3.63, 3.8) is 0 Å². The lowest BCUT2D eigenvalue weighted by atomic mass is 9.84. The first-order chi connectivity index (χ1) is 12.0. The van der Waals surface area contributed by atoms with Gasteiger partial charge in [-0.05, 0) is 33.3 Å². The molecule has 0 saturated carbocycles. The molecule has 0 bridgehead atoms. The molecule has 1 amide bonds. The number of carbonyl (C=O) groups is 2. The van der Waals surface area contributed by atoms with Crippen molar-refractivity contribution < 1.29 is 14.3 Å². The smallest absolute Gasteiger partial charge is 0.304 e. The van der Waals surface area contributed by atoms with E-state index in [1.54, 1.807) is 4.90 Å². The number of carbonyl (C=O) groups excluding carboxylic acids is 2. The molecule has 7 heteroatoms. The summed E-state index contributed by atoms with van der Waals surface area (Å²) in [5.74, 6) is -0.449. The van der Waals surface area contributed by atoms with E-state index < -0.39 is 31.9 Å². The van der Waals surface area contributed by atoms with Gasteiger partial charge in [0.05, 0.1) is 14.5 Å². The molecule has 1 aromatic rings. The van der Waals surface area contributed by atoms with Crippen molar-refractivity contribution in [2.24, 2.45) is 0 Å². The minimum atomic E-state index is -1.05. The molecular weight excluding hydrogens is 364 g/mol. The van der Waals surface area contributed by atoms with E-state index in [9.17, 15) is 9.59 Å². The summed E-state index contributed by atoms with van der Waals surface area (Å²) < 4.78 is 5.72. The van der Waals surface area contributed by atoms with Crippen LogP contribution in [-0.4, -0.2) is 47.7 Å². The Kier molecular flexibility index (Phi) is 5.63. The van der Waals surface area contributed by atoms with Crippen LogP contribution >= 0.6 is 12.2 Å². The molecule has 5 nitrogen and oxygen atoms in total. The molecule has 0 unspecified atom stereocenters. The highest BCUT2D eigenvalue weighted by molar-refractivity contribution is 7.80. The van der Waals surface area contributed by atoms with Crippen LogP contribution < -0.4 is 5.32 Å². The van der Waals surface area contributed by atoms with E-state index in [2.05, 4.69) is 5.32 Å². The Labute approximate surface area is 163 Å². The third-order valence-electron chi connectivity index (χ3n) is 4.89. The lowest BCUT2D eigenvalue weighted by Gasteiger charge is -2.65. The molecule has 2 rings (SSSR count). The first-order valence-electron chi connectivity index (χ1n) is 8.87. The quantitative estimate of drug-likeness (QED) is 0.359. The van der Waals surface area contributed by atoms with Crippen LogP contribution in [-0.2, 0) is 20.7 Å². The Bertz CT molecular complexity index is 719. The second kappa shape index (κ2) is 7.11. The van der Waals surface area contributed by atoms with Gasteiger partial charge in [-0.15, -0.1) is 0 Å². The molecule has 0 spiro atoms. The van der Waals surface area contributed by atoms with Crippen LogP contribution in [0.5, 0.6) is 0 Å². The molecule has 26 heavy (non-hydrogen) atoms. The summed E-state index contributed by atoms with van der Waals surface area (Å²) in [6, 6.07) is 9.87. The Morgan fingerprint density at radius 3 is 2.35 bits per heavy atom. The topological polar surface area (TPSA) is 58.6 Å². The van der Waals surface area contributed by atoms with Crippen LogP contribution in [0.1, 0.15) is 40.2 Å². The van der Waals surface area contributed by atoms with Gasteiger partial charge in [0.1, 0.15) is 0 Å². The minimum absolute atomic E-state index is 0.0432. The van der Waals surface area contributed by atoms with Gasteiger partial charge in [-0.1, -0.05) is 49.1 Å². The number of likely N-dealkylation sites (tertiary alicyclic amines) is 1. The highest BCUT2D eigenvalue weighted by Gasteiger charge is 2.73. The van der Waals surface area contributed by atoms with E-state index in [1.807, 2.05) is 64.6 Å². The molecule has 0 aliphatic carbocycles. The average molecular weight is 393 g/mol. The summed E-state index contributed by atoms with van der Waals surface area (Å²) >= 11 is 5.55. The van der Waals surface area contributed by atoms with Crippen molar-refractivity contribution in [1.29, 1.82) is 0 Å².